The fourth-order valence-corrected chi connectivity index (χ4v) is 3.94. The third kappa shape index (κ3) is 5.73. The molecule has 4 aromatic carbocycles. The number of hydrogen-bond donors (Lipinski definition) is 1. The van der Waals surface area contributed by atoms with E-state index < -0.39 is 5.91 Å². The smallest absolute Gasteiger partial charge is 0.266 e. The Hall–Kier alpha value is -4.56. The minimum Gasteiger partial charge on any atom is -0.490 e. The zero-order valence-electron chi connectivity index (χ0n) is 20.7. The first-order valence-corrected chi connectivity index (χ1v) is 11.8. The molecule has 36 heavy (non-hydrogen) atoms. The highest BCUT2D eigenvalue weighted by atomic mass is 16.5. The molecule has 0 aliphatic rings. The van der Waals surface area contributed by atoms with Gasteiger partial charge in [-0.2, -0.15) is 5.26 Å². The molecule has 180 valence electrons. The molecule has 0 radical (unpaired) electrons. The summed E-state index contributed by atoms with van der Waals surface area (Å²) in [7, 11) is 0. The molecule has 0 spiro atoms. The van der Waals surface area contributed by atoms with Crippen molar-refractivity contribution in [1.29, 1.82) is 5.26 Å². The summed E-state index contributed by atoms with van der Waals surface area (Å²) in [6, 6.07) is 27.3. The van der Waals surface area contributed by atoms with E-state index in [-0.39, 0.29) is 5.57 Å². The van der Waals surface area contributed by atoms with Gasteiger partial charge in [0.2, 0.25) is 0 Å². The van der Waals surface area contributed by atoms with Gasteiger partial charge in [-0.15, -0.1) is 0 Å². The van der Waals surface area contributed by atoms with Gasteiger partial charge >= 0.3 is 0 Å². The van der Waals surface area contributed by atoms with Gasteiger partial charge < -0.3 is 14.8 Å². The quantitative estimate of drug-likeness (QED) is 0.220. The average molecular weight is 477 g/mol. The second kappa shape index (κ2) is 11.2. The van der Waals surface area contributed by atoms with Gasteiger partial charge in [-0.3, -0.25) is 4.79 Å². The zero-order chi connectivity index (χ0) is 25.5. The van der Waals surface area contributed by atoms with Gasteiger partial charge in [-0.25, -0.2) is 0 Å². The van der Waals surface area contributed by atoms with Crippen molar-refractivity contribution in [2.45, 2.75) is 27.4 Å². The molecule has 0 saturated carbocycles. The molecule has 0 fully saturated rings. The highest BCUT2D eigenvalue weighted by molar-refractivity contribution is 6.09. The van der Waals surface area contributed by atoms with E-state index in [4.69, 9.17) is 9.47 Å². The van der Waals surface area contributed by atoms with Crippen LogP contribution in [0.3, 0.4) is 0 Å². The Labute approximate surface area is 211 Å². The molecule has 0 atom stereocenters. The Balaban J connectivity index is 1.56. The van der Waals surface area contributed by atoms with Gasteiger partial charge in [0.1, 0.15) is 18.2 Å². The maximum Gasteiger partial charge on any atom is 0.266 e. The lowest BCUT2D eigenvalue weighted by Gasteiger charge is -2.15. The number of carbonyl (C=O) groups excluding carboxylic acids is 1. The maximum atomic E-state index is 12.7. The molecule has 5 heteroatoms. The number of rotatable bonds is 8. The molecule has 4 rings (SSSR count). The SMILES string of the molecule is CCOc1cc(/C=C(\C#N)C(=O)Nc2ccc(C)cc2)ccc1OCc1c(C)ccc2ccccc12. The molecule has 1 N–H and O–H groups in total. The summed E-state index contributed by atoms with van der Waals surface area (Å²) in [5, 5.41) is 14.7. The third-order valence-electron chi connectivity index (χ3n) is 5.90. The van der Waals surface area contributed by atoms with Gasteiger partial charge in [-0.05, 0) is 73.0 Å². The Kier molecular flexibility index (Phi) is 7.67. The van der Waals surface area contributed by atoms with Crippen LogP contribution < -0.4 is 14.8 Å². The summed E-state index contributed by atoms with van der Waals surface area (Å²) >= 11 is 0. The van der Waals surface area contributed by atoms with Crippen LogP contribution in [0.4, 0.5) is 5.69 Å². The molecule has 0 saturated heterocycles. The van der Waals surface area contributed by atoms with E-state index in [2.05, 4.69) is 36.5 Å². The van der Waals surface area contributed by atoms with Crippen molar-refractivity contribution in [3.8, 4) is 17.6 Å². The van der Waals surface area contributed by atoms with Crippen LogP contribution in [0.5, 0.6) is 11.5 Å². The predicted octanol–water partition coefficient (Wildman–Crippen LogP) is 6.98. The second-order valence-electron chi connectivity index (χ2n) is 8.50. The summed E-state index contributed by atoms with van der Waals surface area (Å²) in [6.07, 6.45) is 1.55. The molecule has 4 aromatic rings. The number of nitriles is 1. The number of anilines is 1. The average Bonchev–Trinajstić information content (AvgIpc) is 2.89. The van der Waals surface area contributed by atoms with E-state index in [1.165, 1.54) is 5.39 Å². The van der Waals surface area contributed by atoms with Crippen LogP contribution in [0.15, 0.2) is 84.4 Å². The molecule has 0 aromatic heterocycles. The molecule has 0 heterocycles. The molecule has 0 aliphatic carbocycles. The van der Waals surface area contributed by atoms with Crippen LogP contribution in [0.2, 0.25) is 0 Å². The number of fused-ring (bicyclic) bond motifs is 1. The summed E-state index contributed by atoms with van der Waals surface area (Å²) in [6.45, 7) is 6.80. The number of nitrogens with zero attached hydrogens (tertiary/aromatic N) is 1. The van der Waals surface area contributed by atoms with Crippen LogP contribution in [-0.2, 0) is 11.4 Å². The Morgan fingerprint density at radius 2 is 1.72 bits per heavy atom. The highest BCUT2D eigenvalue weighted by Gasteiger charge is 2.13. The van der Waals surface area contributed by atoms with Gasteiger partial charge in [0.05, 0.1) is 6.61 Å². The first-order chi connectivity index (χ1) is 17.5. The molecule has 0 unspecified atom stereocenters. The van der Waals surface area contributed by atoms with Crippen LogP contribution in [0, 0.1) is 25.2 Å². The van der Waals surface area contributed by atoms with Crippen LogP contribution in [-0.4, -0.2) is 12.5 Å². The number of aryl methyl sites for hydroxylation is 2. The summed E-state index contributed by atoms with van der Waals surface area (Å²) in [5.41, 5.74) is 4.67. The molecular formula is C31H28N2O3. The van der Waals surface area contributed by atoms with Gasteiger partial charge in [0, 0.05) is 11.3 Å². The minimum atomic E-state index is -0.467. The predicted molar refractivity (Wildman–Crippen MR) is 144 cm³/mol. The van der Waals surface area contributed by atoms with Crippen molar-refractivity contribution in [3.63, 3.8) is 0 Å². The van der Waals surface area contributed by atoms with E-state index in [1.54, 1.807) is 24.3 Å². The van der Waals surface area contributed by atoms with Crippen LogP contribution in [0.25, 0.3) is 16.8 Å². The van der Waals surface area contributed by atoms with Crippen molar-refractivity contribution >= 4 is 28.4 Å². The minimum absolute atomic E-state index is 0.00179. The lowest BCUT2D eigenvalue weighted by Crippen LogP contribution is -2.13. The van der Waals surface area contributed by atoms with Crippen molar-refractivity contribution < 1.29 is 14.3 Å². The molecule has 0 aliphatic heterocycles. The number of hydrogen-bond acceptors (Lipinski definition) is 4. The van der Waals surface area contributed by atoms with Crippen LogP contribution >= 0.6 is 0 Å². The van der Waals surface area contributed by atoms with Gasteiger partial charge in [0.15, 0.2) is 11.5 Å². The third-order valence-corrected chi connectivity index (χ3v) is 5.90. The van der Waals surface area contributed by atoms with Crippen LogP contribution in [0.1, 0.15) is 29.2 Å². The standard InChI is InChI=1S/C31H28N2O3/c1-4-35-30-18-23(17-25(19-32)31(34)33-26-14-9-21(2)10-15-26)12-16-29(30)36-20-28-22(3)11-13-24-7-5-6-8-27(24)28/h5-18H,4,20H2,1-3H3,(H,33,34)/b25-17+. The molecule has 0 bridgehead atoms. The number of carbonyl (C=O) groups is 1. The largest absolute Gasteiger partial charge is 0.490 e. The molecule has 5 nitrogen and oxygen atoms in total. The fraction of sp³-hybridized carbons (Fsp3) is 0.161. The Bertz CT molecular complexity index is 1460. The first-order valence-electron chi connectivity index (χ1n) is 11.8. The number of ether oxygens (including phenoxy) is 2. The molecule has 1 amide bonds. The number of benzene rings is 4. The van der Waals surface area contributed by atoms with Gasteiger partial charge in [-0.1, -0.05) is 60.2 Å². The van der Waals surface area contributed by atoms with Crippen molar-refractivity contribution in [2.75, 3.05) is 11.9 Å². The lowest BCUT2D eigenvalue weighted by atomic mass is 10.0. The number of nitrogens with one attached hydrogen (secondary N) is 1. The highest BCUT2D eigenvalue weighted by Crippen LogP contribution is 2.31. The fourth-order valence-electron chi connectivity index (χ4n) is 3.94. The zero-order valence-corrected chi connectivity index (χ0v) is 20.7. The monoisotopic (exact) mass is 476 g/mol. The van der Waals surface area contributed by atoms with E-state index in [0.717, 1.165) is 22.1 Å². The van der Waals surface area contributed by atoms with E-state index in [9.17, 15) is 10.1 Å². The summed E-state index contributed by atoms with van der Waals surface area (Å²) in [4.78, 5) is 12.7. The van der Waals surface area contributed by atoms with Crippen molar-refractivity contribution in [3.05, 3.63) is 107 Å². The summed E-state index contributed by atoms with van der Waals surface area (Å²) in [5.74, 6) is 0.690. The van der Waals surface area contributed by atoms with E-state index >= 15 is 0 Å². The van der Waals surface area contributed by atoms with E-state index in [0.29, 0.717) is 36.0 Å². The summed E-state index contributed by atoms with van der Waals surface area (Å²) < 4.78 is 12.0. The molecular weight excluding hydrogens is 448 g/mol. The normalized spacial score (nSPS) is 11.1. The maximum absolute atomic E-state index is 12.7. The number of amides is 1. The Morgan fingerprint density at radius 1 is 0.944 bits per heavy atom. The Morgan fingerprint density at radius 3 is 2.47 bits per heavy atom. The first kappa shape index (κ1) is 24.6. The van der Waals surface area contributed by atoms with Gasteiger partial charge in [0.25, 0.3) is 5.91 Å². The van der Waals surface area contributed by atoms with Crippen molar-refractivity contribution in [2.24, 2.45) is 0 Å². The van der Waals surface area contributed by atoms with Crippen molar-refractivity contribution in [1.82, 2.24) is 0 Å². The lowest BCUT2D eigenvalue weighted by molar-refractivity contribution is -0.112. The second-order valence-corrected chi connectivity index (χ2v) is 8.50. The topological polar surface area (TPSA) is 71.3 Å². The van der Waals surface area contributed by atoms with E-state index in [1.807, 2.05) is 56.3 Å².